The van der Waals surface area contributed by atoms with E-state index in [4.69, 9.17) is 0 Å². The molecule has 2 N–H and O–H groups in total. The summed E-state index contributed by atoms with van der Waals surface area (Å²) < 4.78 is 0. The standard InChI is InChI=1S/C18H19N3O/c1-21(2)15-7-5-14(6-8-15)17-12-19-18(20-17)11-13-3-9-16(22)10-4-13/h3-10,12,22H,11H2,1-2H3,(H,19,20). The Labute approximate surface area is 130 Å². The number of anilines is 1. The van der Waals surface area contributed by atoms with Gasteiger partial charge in [0.25, 0.3) is 0 Å². The average Bonchev–Trinajstić information content (AvgIpc) is 2.98. The molecular formula is C18H19N3O. The summed E-state index contributed by atoms with van der Waals surface area (Å²) in [7, 11) is 4.05. The van der Waals surface area contributed by atoms with Crippen LogP contribution >= 0.6 is 0 Å². The van der Waals surface area contributed by atoms with E-state index in [2.05, 4.69) is 39.1 Å². The van der Waals surface area contributed by atoms with Crippen LogP contribution in [0.2, 0.25) is 0 Å². The van der Waals surface area contributed by atoms with Crippen molar-refractivity contribution in [1.82, 2.24) is 9.97 Å². The second-order valence-corrected chi connectivity index (χ2v) is 5.52. The van der Waals surface area contributed by atoms with Gasteiger partial charge in [0.1, 0.15) is 11.6 Å². The second kappa shape index (κ2) is 5.93. The van der Waals surface area contributed by atoms with Crippen LogP contribution in [0.15, 0.2) is 54.7 Å². The van der Waals surface area contributed by atoms with Crippen LogP contribution in [0, 0.1) is 0 Å². The first-order valence-corrected chi connectivity index (χ1v) is 7.22. The Bertz CT molecular complexity index is 743. The molecule has 0 radical (unpaired) electrons. The van der Waals surface area contributed by atoms with Gasteiger partial charge in [-0.25, -0.2) is 4.98 Å². The van der Waals surface area contributed by atoms with Crippen molar-refractivity contribution in [2.75, 3.05) is 19.0 Å². The lowest BCUT2D eigenvalue weighted by atomic mass is 10.1. The summed E-state index contributed by atoms with van der Waals surface area (Å²) >= 11 is 0. The number of aromatic amines is 1. The zero-order valence-electron chi connectivity index (χ0n) is 12.7. The zero-order chi connectivity index (χ0) is 15.5. The van der Waals surface area contributed by atoms with E-state index in [0.29, 0.717) is 0 Å². The minimum absolute atomic E-state index is 0.282. The largest absolute Gasteiger partial charge is 0.508 e. The van der Waals surface area contributed by atoms with Crippen LogP contribution in [-0.2, 0) is 6.42 Å². The highest BCUT2D eigenvalue weighted by Crippen LogP contribution is 2.21. The van der Waals surface area contributed by atoms with Gasteiger partial charge in [0.2, 0.25) is 0 Å². The Balaban J connectivity index is 1.77. The molecule has 1 heterocycles. The molecule has 3 aromatic rings. The number of hydrogen-bond acceptors (Lipinski definition) is 3. The van der Waals surface area contributed by atoms with Crippen molar-refractivity contribution in [3.8, 4) is 17.0 Å². The normalized spacial score (nSPS) is 10.6. The van der Waals surface area contributed by atoms with E-state index in [-0.39, 0.29) is 5.75 Å². The van der Waals surface area contributed by atoms with Gasteiger partial charge < -0.3 is 15.0 Å². The second-order valence-electron chi connectivity index (χ2n) is 5.52. The highest BCUT2D eigenvalue weighted by molar-refractivity contribution is 5.62. The van der Waals surface area contributed by atoms with E-state index in [9.17, 15) is 5.11 Å². The molecule has 4 heteroatoms. The van der Waals surface area contributed by atoms with Gasteiger partial charge in [-0.1, -0.05) is 24.3 Å². The quantitative estimate of drug-likeness (QED) is 0.774. The van der Waals surface area contributed by atoms with Crippen LogP contribution in [0.5, 0.6) is 5.75 Å². The summed E-state index contributed by atoms with van der Waals surface area (Å²) in [6, 6.07) is 15.5. The fourth-order valence-corrected chi connectivity index (χ4v) is 2.34. The molecule has 0 saturated carbocycles. The van der Waals surface area contributed by atoms with Gasteiger partial charge in [0, 0.05) is 38.0 Å². The van der Waals surface area contributed by atoms with Crippen molar-refractivity contribution in [2.45, 2.75) is 6.42 Å². The Kier molecular flexibility index (Phi) is 3.83. The van der Waals surface area contributed by atoms with E-state index < -0.39 is 0 Å². The summed E-state index contributed by atoms with van der Waals surface area (Å²) in [5.41, 5.74) is 4.32. The number of nitrogens with one attached hydrogen (secondary N) is 1. The van der Waals surface area contributed by atoms with E-state index in [1.54, 1.807) is 12.1 Å². The molecule has 0 fully saturated rings. The van der Waals surface area contributed by atoms with Gasteiger partial charge in [-0.2, -0.15) is 0 Å². The molecule has 2 aromatic carbocycles. The highest BCUT2D eigenvalue weighted by atomic mass is 16.3. The molecule has 0 bridgehead atoms. The maximum Gasteiger partial charge on any atom is 0.115 e. The van der Waals surface area contributed by atoms with E-state index in [1.807, 2.05) is 32.4 Å². The van der Waals surface area contributed by atoms with Crippen LogP contribution in [-0.4, -0.2) is 29.2 Å². The lowest BCUT2D eigenvalue weighted by molar-refractivity contribution is 0.475. The molecule has 0 aliphatic carbocycles. The monoisotopic (exact) mass is 293 g/mol. The molecule has 0 saturated heterocycles. The summed E-state index contributed by atoms with van der Waals surface area (Å²) in [6.07, 6.45) is 2.65. The molecule has 0 spiro atoms. The number of aromatic hydroxyl groups is 1. The minimum Gasteiger partial charge on any atom is -0.508 e. The molecule has 112 valence electrons. The molecule has 1 aromatic heterocycles. The summed E-state index contributed by atoms with van der Waals surface area (Å²) in [6.45, 7) is 0. The Morgan fingerprint density at radius 1 is 1.00 bits per heavy atom. The SMILES string of the molecule is CN(C)c1ccc(-c2c[nH]c(Cc3ccc(O)cc3)n2)cc1. The first-order chi connectivity index (χ1) is 10.6. The van der Waals surface area contributed by atoms with Gasteiger partial charge >= 0.3 is 0 Å². The molecular weight excluding hydrogens is 274 g/mol. The molecule has 0 amide bonds. The van der Waals surface area contributed by atoms with Crippen molar-refractivity contribution in [1.29, 1.82) is 0 Å². The topological polar surface area (TPSA) is 52.2 Å². The molecule has 0 atom stereocenters. The number of aromatic nitrogens is 2. The summed E-state index contributed by atoms with van der Waals surface area (Å²) in [5.74, 6) is 1.20. The number of nitrogens with zero attached hydrogens (tertiary/aromatic N) is 2. The minimum atomic E-state index is 0.282. The summed E-state index contributed by atoms with van der Waals surface area (Å²) in [5, 5.41) is 9.31. The van der Waals surface area contributed by atoms with Gasteiger partial charge in [0.05, 0.1) is 5.69 Å². The van der Waals surface area contributed by atoms with E-state index in [1.165, 1.54) is 5.69 Å². The molecule has 3 rings (SSSR count). The van der Waals surface area contributed by atoms with E-state index in [0.717, 1.165) is 29.1 Å². The average molecular weight is 293 g/mol. The van der Waals surface area contributed by atoms with Crippen LogP contribution in [0.3, 0.4) is 0 Å². The maximum absolute atomic E-state index is 9.31. The maximum atomic E-state index is 9.31. The third-order valence-corrected chi connectivity index (χ3v) is 3.62. The number of rotatable bonds is 4. The molecule has 0 aliphatic heterocycles. The fraction of sp³-hybridized carbons (Fsp3) is 0.167. The third-order valence-electron chi connectivity index (χ3n) is 3.62. The number of imidazole rings is 1. The first-order valence-electron chi connectivity index (χ1n) is 7.22. The number of phenolic OH excluding ortho intramolecular Hbond substituents is 1. The Morgan fingerprint density at radius 3 is 2.32 bits per heavy atom. The van der Waals surface area contributed by atoms with Crippen LogP contribution < -0.4 is 4.90 Å². The highest BCUT2D eigenvalue weighted by Gasteiger charge is 2.05. The lowest BCUT2D eigenvalue weighted by Gasteiger charge is -2.12. The van der Waals surface area contributed by atoms with E-state index >= 15 is 0 Å². The van der Waals surface area contributed by atoms with Crippen molar-refractivity contribution in [2.24, 2.45) is 0 Å². The van der Waals surface area contributed by atoms with Crippen molar-refractivity contribution in [3.05, 3.63) is 66.1 Å². The fourth-order valence-electron chi connectivity index (χ4n) is 2.34. The van der Waals surface area contributed by atoms with Crippen molar-refractivity contribution >= 4 is 5.69 Å². The Hall–Kier alpha value is -2.75. The first kappa shape index (κ1) is 14.2. The number of phenols is 1. The number of benzene rings is 2. The smallest absolute Gasteiger partial charge is 0.115 e. The molecule has 22 heavy (non-hydrogen) atoms. The Morgan fingerprint density at radius 2 is 1.68 bits per heavy atom. The number of hydrogen-bond donors (Lipinski definition) is 2. The van der Waals surface area contributed by atoms with Gasteiger partial charge in [-0.05, 0) is 29.8 Å². The molecule has 4 nitrogen and oxygen atoms in total. The van der Waals surface area contributed by atoms with Gasteiger partial charge in [0.15, 0.2) is 0 Å². The summed E-state index contributed by atoms with van der Waals surface area (Å²) in [4.78, 5) is 9.94. The van der Waals surface area contributed by atoms with Crippen LogP contribution in [0.1, 0.15) is 11.4 Å². The molecule has 0 unspecified atom stereocenters. The molecule has 0 aliphatic rings. The third kappa shape index (κ3) is 3.11. The zero-order valence-corrected chi connectivity index (χ0v) is 12.7. The van der Waals surface area contributed by atoms with Crippen LogP contribution in [0.4, 0.5) is 5.69 Å². The lowest BCUT2D eigenvalue weighted by Crippen LogP contribution is -2.07. The van der Waals surface area contributed by atoms with Crippen molar-refractivity contribution in [3.63, 3.8) is 0 Å². The predicted molar refractivity (Wildman–Crippen MR) is 89.3 cm³/mol. The number of H-pyrrole nitrogens is 1. The van der Waals surface area contributed by atoms with Crippen LogP contribution in [0.25, 0.3) is 11.3 Å². The van der Waals surface area contributed by atoms with Gasteiger partial charge in [-0.15, -0.1) is 0 Å². The van der Waals surface area contributed by atoms with Gasteiger partial charge in [-0.3, -0.25) is 0 Å². The van der Waals surface area contributed by atoms with Crippen molar-refractivity contribution < 1.29 is 5.11 Å². The predicted octanol–water partition coefficient (Wildman–Crippen LogP) is 3.44.